The topological polar surface area (TPSA) is 15.3 Å². The Labute approximate surface area is 135 Å². The first-order valence-electron chi connectivity index (χ1n) is 7.99. The number of nitrogens with zero attached hydrogens (tertiary/aromatic N) is 1. The van der Waals surface area contributed by atoms with Gasteiger partial charge in [0.15, 0.2) is 0 Å². The summed E-state index contributed by atoms with van der Waals surface area (Å²) in [6.45, 7) is 10.0. The second-order valence-corrected chi connectivity index (χ2v) is 7.24. The minimum atomic E-state index is 0.152. The van der Waals surface area contributed by atoms with Gasteiger partial charge in [-0.15, -0.1) is 0 Å². The predicted molar refractivity (Wildman–Crippen MR) is 97.4 cm³/mol. The van der Waals surface area contributed by atoms with Crippen molar-refractivity contribution in [3.8, 4) is 0 Å². The first-order valence-corrected chi connectivity index (χ1v) is 9.38. The fourth-order valence-electron chi connectivity index (χ4n) is 2.71. The van der Waals surface area contributed by atoms with Gasteiger partial charge in [0.2, 0.25) is 0 Å². The Bertz CT molecular complexity index is 382. The quantitative estimate of drug-likeness (QED) is 0.710. The Morgan fingerprint density at radius 2 is 1.95 bits per heavy atom. The third kappa shape index (κ3) is 6.01. The number of hydrogen-bond acceptors (Lipinski definition) is 3. The maximum absolute atomic E-state index is 3.54. The Morgan fingerprint density at radius 1 is 1.29 bits per heavy atom. The van der Waals surface area contributed by atoms with E-state index in [1.807, 2.05) is 11.8 Å². The van der Waals surface area contributed by atoms with Crippen molar-refractivity contribution in [2.45, 2.75) is 38.6 Å². The van der Waals surface area contributed by atoms with Crippen molar-refractivity contribution in [3.05, 3.63) is 35.9 Å². The van der Waals surface area contributed by atoms with Crippen LogP contribution >= 0.6 is 11.8 Å². The second kappa shape index (κ2) is 9.50. The summed E-state index contributed by atoms with van der Waals surface area (Å²) in [6, 6.07) is 11.5. The zero-order chi connectivity index (χ0) is 15.7. The lowest BCUT2D eigenvalue weighted by atomic mass is 9.81. The van der Waals surface area contributed by atoms with E-state index in [0.29, 0.717) is 6.04 Å². The molecule has 120 valence electrons. The van der Waals surface area contributed by atoms with Crippen molar-refractivity contribution in [1.29, 1.82) is 0 Å². The van der Waals surface area contributed by atoms with Crippen LogP contribution < -0.4 is 5.32 Å². The molecular formula is C18H32N2S. The summed E-state index contributed by atoms with van der Waals surface area (Å²) in [5.74, 6) is 1.24. The molecule has 1 N–H and O–H groups in total. The SMILES string of the molecule is CCNCC(C)(CN(C)C(C)CCSC)c1ccccc1. The van der Waals surface area contributed by atoms with E-state index in [0.717, 1.165) is 19.6 Å². The van der Waals surface area contributed by atoms with Crippen molar-refractivity contribution in [2.75, 3.05) is 38.7 Å². The van der Waals surface area contributed by atoms with Gasteiger partial charge in [0.1, 0.15) is 0 Å². The van der Waals surface area contributed by atoms with Crippen LogP contribution in [0.15, 0.2) is 30.3 Å². The minimum absolute atomic E-state index is 0.152. The molecule has 0 aliphatic carbocycles. The monoisotopic (exact) mass is 308 g/mol. The highest BCUT2D eigenvalue weighted by Crippen LogP contribution is 2.25. The molecule has 1 aromatic carbocycles. The van der Waals surface area contributed by atoms with Gasteiger partial charge in [0.05, 0.1) is 0 Å². The van der Waals surface area contributed by atoms with Crippen molar-refractivity contribution < 1.29 is 0 Å². The molecule has 0 radical (unpaired) electrons. The minimum Gasteiger partial charge on any atom is -0.316 e. The van der Waals surface area contributed by atoms with Crippen LogP contribution in [-0.4, -0.2) is 49.6 Å². The molecule has 0 spiro atoms. The van der Waals surface area contributed by atoms with Crippen molar-refractivity contribution >= 4 is 11.8 Å². The summed E-state index contributed by atoms with van der Waals surface area (Å²) >= 11 is 1.94. The summed E-state index contributed by atoms with van der Waals surface area (Å²) in [5, 5.41) is 3.54. The molecule has 0 saturated carbocycles. The summed E-state index contributed by atoms with van der Waals surface area (Å²) < 4.78 is 0. The van der Waals surface area contributed by atoms with Crippen LogP contribution in [-0.2, 0) is 5.41 Å². The lowest BCUT2D eigenvalue weighted by Crippen LogP contribution is -2.46. The van der Waals surface area contributed by atoms with Gasteiger partial charge in [0.25, 0.3) is 0 Å². The van der Waals surface area contributed by atoms with E-state index in [1.165, 1.54) is 17.7 Å². The van der Waals surface area contributed by atoms with Crippen LogP contribution in [0.2, 0.25) is 0 Å². The lowest BCUT2D eigenvalue weighted by Gasteiger charge is -2.37. The van der Waals surface area contributed by atoms with Gasteiger partial charge in [-0.25, -0.2) is 0 Å². The molecule has 21 heavy (non-hydrogen) atoms. The molecule has 0 aliphatic heterocycles. The Kier molecular flexibility index (Phi) is 8.38. The molecule has 0 aliphatic rings. The first kappa shape index (κ1) is 18.5. The standard InChI is InChI=1S/C18H32N2S/c1-6-19-14-18(3,17-10-8-7-9-11-17)15-20(4)16(2)12-13-21-5/h7-11,16,19H,6,12-15H2,1-5H3. The number of likely N-dealkylation sites (N-methyl/N-ethyl adjacent to an activating group) is 2. The molecule has 0 aromatic heterocycles. The molecule has 2 unspecified atom stereocenters. The van der Waals surface area contributed by atoms with Crippen LogP contribution in [0, 0.1) is 0 Å². The molecule has 0 amide bonds. The van der Waals surface area contributed by atoms with Gasteiger partial charge in [-0.1, -0.05) is 44.2 Å². The molecule has 0 heterocycles. The normalized spacial score (nSPS) is 15.9. The molecule has 2 nitrogen and oxygen atoms in total. The Hall–Kier alpha value is -0.510. The van der Waals surface area contributed by atoms with Gasteiger partial charge in [-0.3, -0.25) is 0 Å². The van der Waals surface area contributed by atoms with E-state index in [9.17, 15) is 0 Å². The fraction of sp³-hybridized carbons (Fsp3) is 0.667. The largest absolute Gasteiger partial charge is 0.316 e. The van der Waals surface area contributed by atoms with Gasteiger partial charge in [-0.2, -0.15) is 11.8 Å². The summed E-state index contributed by atoms with van der Waals surface area (Å²) in [5.41, 5.74) is 1.58. The lowest BCUT2D eigenvalue weighted by molar-refractivity contribution is 0.197. The Balaban J connectivity index is 2.78. The molecule has 0 saturated heterocycles. The van der Waals surface area contributed by atoms with Crippen molar-refractivity contribution in [3.63, 3.8) is 0 Å². The van der Waals surface area contributed by atoms with Gasteiger partial charge >= 0.3 is 0 Å². The molecule has 0 bridgehead atoms. The van der Waals surface area contributed by atoms with E-state index in [4.69, 9.17) is 0 Å². The average Bonchev–Trinajstić information content (AvgIpc) is 2.51. The molecular weight excluding hydrogens is 276 g/mol. The highest BCUT2D eigenvalue weighted by molar-refractivity contribution is 7.98. The van der Waals surface area contributed by atoms with Crippen LogP contribution in [0.25, 0.3) is 0 Å². The number of rotatable bonds is 10. The van der Waals surface area contributed by atoms with Crippen molar-refractivity contribution in [2.24, 2.45) is 0 Å². The molecule has 2 atom stereocenters. The zero-order valence-corrected chi connectivity index (χ0v) is 15.2. The van der Waals surface area contributed by atoms with E-state index >= 15 is 0 Å². The first-order chi connectivity index (χ1) is 10.0. The molecule has 1 rings (SSSR count). The highest BCUT2D eigenvalue weighted by Gasteiger charge is 2.28. The van der Waals surface area contributed by atoms with Gasteiger partial charge in [0, 0.05) is 24.5 Å². The molecule has 1 aromatic rings. The van der Waals surface area contributed by atoms with E-state index in [-0.39, 0.29) is 5.41 Å². The number of benzene rings is 1. The van der Waals surface area contributed by atoms with Crippen molar-refractivity contribution in [1.82, 2.24) is 10.2 Å². The third-order valence-electron chi connectivity index (χ3n) is 4.33. The number of hydrogen-bond donors (Lipinski definition) is 1. The number of thioether (sulfide) groups is 1. The average molecular weight is 309 g/mol. The summed E-state index contributed by atoms with van der Waals surface area (Å²) in [6.07, 6.45) is 3.44. The fourth-order valence-corrected chi connectivity index (χ4v) is 3.28. The Morgan fingerprint density at radius 3 is 2.52 bits per heavy atom. The van der Waals surface area contributed by atoms with Gasteiger partial charge < -0.3 is 10.2 Å². The van der Waals surface area contributed by atoms with Crippen LogP contribution in [0.3, 0.4) is 0 Å². The summed E-state index contributed by atoms with van der Waals surface area (Å²) in [4.78, 5) is 2.51. The smallest absolute Gasteiger partial charge is 0.0177 e. The van der Waals surface area contributed by atoms with E-state index in [2.05, 4.69) is 74.6 Å². The zero-order valence-electron chi connectivity index (χ0n) is 14.4. The second-order valence-electron chi connectivity index (χ2n) is 6.25. The van der Waals surface area contributed by atoms with Crippen LogP contribution in [0.4, 0.5) is 0 Å². The maximum atomic E-state index is 3.54. The van der Waals surface area contributed by atoms with Crippen LogP contribution in [0.1, 0.15) is 32.8 Å². The highest BCUT2D eigenvalue weighted by atomic mass is 32.2. The summed E-state index contributed by atoms with van der Waals surface area (Å²) in [7, 11) is 2.26. The number of nitrogens with one attached hydrogen (secondary N) is 1. The predicted octanol–water partition coefficient (Wildman–Crippen LogP) is 3.63. The van der Waals surface area contributed by atoms with E-state index in [1.54, 1.807) is 0 Å². The maximum Gasteiger partial charge on any atom is 0.0177 e. The van der Waals surface area contributed by atoms with Crippen LogP contribution in [0.5, 0.6) is 0 Å². The molecule has 3 heteroatoms. The third-order valence-corrected chi connectivity index (χ3v) is 4.97. The van der Waals surface area contributed by atoms with Gasteiger partial charge in [-0.05, 0) is 44.5 Å². The van der Waals surface area contributed by atoms with E-state index < -0.39 is 0 Å². The molecule has 0 fully saturated rings.